The van der Waals surface area contributed by atoms with Gasteiger partial charge in [-0.3, -0.25) is 4.79 Å². The lowest BCUT2D eigenvalue weighted by atomic mass is 10.2. The van der Waals surface area contributed by atoms with Crippen LogP contribution in [0.1, 0.15) is 18.1 Å². The predicted molar refractivity (Wildman–Crippen MR) is 86.1 cm³/mol. The molecule has 1 amide bonds. The molecule has 0 aromatic heterocycles. The van der Waals surface area contributed by atoms with Crippen molar-refractivity contribution in [1.82, 2.24) is 5.32 Å². The normalized spacial score (nSPS) is 10.1. The molecule has 0 fully saturated rings. The van der Waals surface area contributed by atoms with Crippen molar-refractivity contribution < 1.29 is 14.3 Å². The minimum Gasteiger partial charge on any atom is -0.494 e. The van der Waals surface area contributed by atoms with E-state index in [1.54, 1.807) is 0 Å². The van der Waals surface area contributed by atoms with Crippen LogP contribution in [0.15, 0.2) is 48.5 Å². The van der Waals surface area contributed by atoms with E-state index in [9.17, 15) is 4.79 Å². The highest BCUT2D eigenvalue weighted by atomic mass is 16.5. The summed E-state index contributed by atoms with van der Waals surface area (Å²) in [6.07, 6.45) is 0. The summed E-state index contributed by atoms with van der Waals surface area (Å²) in [7, 11) is 0. The largest absolute Gasteiger partial charge is 0.494 e. The maximum Gasteiger partial charge on any atom is 0.258 e. The summed E-state index contributed by atoms with van der Waals surface area (Å²) in [5.74, 6) is 1.33. The molecule has 116 valence electrons. The molecule has 0 spiro atoms. The first-order valence-electron chi connectivity index (χ1n) is 7.36. The summed E-state index contributed by atoms with van der Waals surface area (Å²) >= 11 is 0. The molecule has 4 nitrogen and oxygen atoms in total. The maximum absolute atomic E-state index is 11.8. The van der Waals surface area contributed by atoms with Gasteiger partial charge in [-0.15, -0.1) is 0 Å². The first-order valence-corrected chi connectivity index (χ1v) is 7.36. The Morgan fingerprint density at radius 3 is 2.50 bits per heavy atom. The van der Waals surface area contributed by atoms with E-state index < -0.39 is 0 Å². The van der Waals surface area contributed by atoms with Crippen LogP contribution in [0.2, 0.25) is 0 Å². The van der Waals surface area contributed by atoms with Crippen LogP contribution in [0, 0.1) is 6.92 Å². The number of para-hydroxylation sites is 1. The first-order chi connectivity index (χ1) is 10.7. The number of ether oxygens (including phenoxy) is 2. The molecule has 0 unspecified atom stereocenters. The van der Waals surface area contributed by atoms with E-state index in [0.717, 1.165) is 16.9 Å². The van der Waals surface area contributed by atoms with Crippen LogP contribution >= 0.6 is 0 Å². The van der Waals surface area contributed by atoms with Gasteiger partial charge in [0.2, 0.25) is 0 Å². The second-order valence-corrected chi connectivity index (χ2v) is 4.92. The molecule has 0 saturated heterocycles. The van der Waals surface area contributed by atoms with E-state index in [1.165, 1.54) is 0 Å². The molecule has 0 saturated carbocycles. The van der Waals surface area contributed by atoms with Gasteiger partial charge in [-0.2, -0.15) is 0 Å². The Morgan fingerprint density at radius 1 is 1.05 bits per heavy atom. The molecule has 0 bridgehead atoms. The van der Waals surface area contributed by atoms with Crippen molar-refractivity contribution in [1.29, 1.82) is 0 Å². The van der Waals surface area contributed by atoms with Gasteiger partial charge < -0.3 is 14.8 Å². The average molecular weight is 299 g/mol. The summed E-state index contributed by atoms with van der Waals surface area (Å²) in [5.41, 5.74) is 2.11. The number of carbonyl (C=O) groups is 1. The Bertz CT molecular complexity index is 608. The summed E-state index contributed by atoms with van der Waals surface area (Å²) in [6.45, 7) is 4.96. The zero-order valence-electron chi connectivity index (χ0n) is 13.0. The number of rotatable bonds is 7. The van der Waals surface area contributed by atoms with Gasteiger partial charge in [0.05, 0.1) is 6.61 Å². The monoisotopic (exact) mass is 299 g/mol. The van der Waals surface area contributed by atoms with Crippen LogP contribution in [0.25, 0.3) is 0 Å². The molecule has 0 atom stereocenters. The molecule has 4 heteroatoms. The Hall–Kier alpha value is -2.49. The Balaban J connectivity index is 1.81. The topological polar surface area (TPSA) is 47.6 Å². The fourth-order valence-corrected chi connectivity index (χ4v) is 1.97. The van der Waals surface area contributed by atoms with Crippen LogP contribution in [0.3, 0.4) is 0 Å². The van der Waals surface area contributed by atoms with Gasteiger partial charge in [0.1, 0.15) is 11.5 Å². The number of amides is 1. The van der Waals surface area contributed by atoms with E-state index in [-0.39, 0.29) is 12.5 Å². The number of carbonyl (C=O) groups excluding carboxylic acids is 1. The van der Waals surface area contributed by atoms with Crippen molar-refractivity contribution in [2.75, 3.05) is 13.2 Å². The second kappa shape index (κ2) is 8.08. The third-order valence-electron chi connectivity index (χ3n) is 3.14. The number of benzene rings is 2. The summed E-state index contributed by atoms with van der Waals surface area (Å²) in [6, 6.07) is 15.3. The quantitative estimate of drug-likeness (QED) is 0.854. The first kappa shape index (κ1) is 15.9. The van der Waals surface area contributed by atoms with Crippen molar-refractivity contribution in [2.45, 2.75) is 20.4 Å². The Labute approximate surface area is 131 Å². The van der Waals surface area contributed by atoms with Gasteiger partial charge in [-0.25, -0.2) is 0 Å². The lowest BCUT2D eigenvalue weighted by Crippen LogP contribution is -2.28. The van der Waals surface area contributed by atoms with Gasteiger partial charge in [-0.05, 0) is 32.0 Å². The number of aryl methyl sites for hydroxylation is 1. The van der Waals surface area contributed by atoms with E-state index in [1.807, 2.05) is 62.4 Å². The highest BCUT2D eigenvalue weighted by Gasteiger charge is 2.06. The molecule has 22 heavy (non-hydrogen) atoms. The van der Waals surface area contributed by atoms with Gasteiger partial charge >= 0.3 is 0 Å². The molecule has 1 N–H and O–H groups in total. The Morgan fingerprint density at radius 2 is 1.77 bits per heavy atom. The van der Waals surface area contributed by atoms with Crippen LogP contribution in [0.4, 0.5) is 0 Å². The highest BCUT2D eigenvalue weighted by Crippen LogP contribution is 2.17. The minimum atomic E-state index is -0.160. The third kappa shape index (κ3) is 4.81. The summed E-state index contributed by atoms with van der Waals surface area (Å²) < 4.78 is 11.0. The van der Waals surface area contributed by atoms with Crippen molar-refractivity contribution in [3.05, 3.63) is 59.7 Å². The lowest BCUT2D eigenvalue weighted by Gasteiger charge is -2.11. The third-order valence-corrected chi connectivity index (χ3v) is 3.14. The SMILES string of the molecule is CCOc1ccccc1CNC(=O)COc1ccc(C)cc1. The number of nitrogens with one attached hydrogen (secondary N) is 1. The van der Waals surface area contributed by atoms with Crippen molar-refractivity contribution in [3.8, 4) is 11.5 Å². The highest BCUT2D eigenvalue weighted by molar-refractivity contribution is 5.77. The minimum absolute atomic E-state index is 0.000136. The van der Waals surface area contributed by atoms with Crippen LogP contribution < -0.4 is 14.8 Å². The van der Waals surface area contributed by atoms with Crippen molar-refractivity contribution in [3.63, 3.8) is 0 Å². The maximum atomic E-state index is 11.8. The molecule has 2 aromatic rings. The molecule has 0 aliphatic carbocycles. The molecule has 2 aromatic carbocycles. The van der Waals surface area contributed by atoms with Gasteiger partial charge in [-0.1, -0.05) is 35.9 Å². The van der Waals surface area contributed by atoms with E-state index >= 15 is 0 Å². The van der Waals surface area contributed by atoms with Gasteiger partial charge in [0.25, 0.3) is 5.91 Å². The molecule has 0 aliphatic heterocycles. The van der Waals surface area contributed by atoms with Crippen molar-refractivity contribution >= 4 is 5.91 Å². The zero-order chi connectivity index (χ0) is 15.8. The second-order valence-electron chi connectivity index (χ2n) is 4.92. The summed E-state index contributed by atoms with van der Waals surface area (Å²) in [5, 5.41) is 2.84. The van der Waals surface area contributed by atoms with Crippen LogP contribution in [0.5, 0.6) is 11.5 Å². The number of hydrogen-bond acceptors (Lipinski definition) is 3. The summed E-state index contributed by atoms with van der Waals surface area (Å²) in [4.78, 5) is 11.8. The molecule has 0 aliphatic rings. The van der Waals surface area contributed by atoms with Crippen LogP contribution in [-0.2, 0) is 11.3 Å². The number of hydrogen-bond donors (Lipinski definition) is 1. The molecular weight excluding hydrogens is 278 g/mol. The smallest absolute Gasteiger partial charge is 0.258 e. The molecule has 2 rings (SSSR count). The van der Waals surface area contributed by atoms with Crippen LogP contribution in [-0.4, -0.2) is 19.1 Å². The predicted octanol–water partition coefficient (Wildman–Crippen LogP) is 3.09. The van der Waals surface area contributed by atoms with Crippen molar-refractivity contribution in [2.24, 2.45) is 0 Å². The zero-order valence-corrected chi connectivity index (χ0v) is 13.0. The van der Waals surface area contributed by atoms with Gasteiger partial charge in [0, 0.05) is 12.1 Å². The Kier molecular flexibility index (Phi) is 5.83. The van der Waals surface area contributed by atoms with E-state index in [4.69, 9.17) is 9.47 Å². The molecular formula is C18H21NO3. The molecule has 0 radical (unpaired) electrons. The molecule has 0 heterocycles. The lowest BCUT2D eigenvalue weighted by molar-refractivity contribution is -0.123. The average Bonchev–Trinajstić information content (AvgIpc) is 2.54. The van der Waals surface area contributed by atoms with Gasteiger partial charge in [0.15, 0.2) is 6.61 Å². The standard InChI is InChI=1S/C18H21NO3/c1-3-21-17-7-5-4-6-15(17)12-19-18(20)13-22-16-10-8-14(2)9-11-16/h4-11H,3,12-13H2,1-2H3,(H,19,20). The fourth-order valence-electron chi connectivity index (χ4n) is 1.97. The fraction of sp³-hybridized carbons (Fsp3) is 0.278. The van der Waals surface area contributed by atoms with E-state index in [2.05, 4.69) is 5.32 Å². The van der Waals surface area contributed by atoms with E-state index in [0.29, 0.717) is 18.9 Å².